The molecule has 1 aliphatic rings. The number of hydrogen-bond acceptors (Lipinski definition) is 6. The smallest absolute Gasteiger partial charge is 0.253 e. The first-order valence-corrected chi connectivity index (χ1v) is 9.15. The number of aromatic nitrogens is 2. The maximum atomic E-state index is 12.9. The van der Waals surface area contributed by atoms with Crippen molar-refractivity contribution >= 4 is 28.4 Å². The molecular weight excluding hydrogens is 356 g/mol. The predicted molar refractivity (Wildman–Crippen MR) is 106 cm³/mol. The number of benzene rings is 2. The van der Waals surface area contributed by atoms with Gasteiger partial charge in [0.1, 0.15) is 6.61 Å². The third-order valence-corrected chi connectivity index (χ3v) is 4.95. The molecule has 1 N–H and O–H groups in total. The molecular formula is C21H20N4O3. The average molecular weight is 376 g/mol. The minimum absolute atomic E-state index is 0.0233. The first-order chi connectivity index (χ1) is 13.7. The van der Waals surface area contributed by atoms with Crippen molar-refractivity contribution in [2.24, 2.45) is 0 Å². The Morgan fingerprint density at radius 3 is 2.25 bits per heavy atom. The third kappa shape index (κ3) is 3.57. The lowest BCUT2D eigenvalue weighted by molar-refractivity contribution is 0.0746. The summed E-state index contributed by atoms with van der Waals surface area (Å²) in [7, 11) is 0. The van der Waals surface area contributed by atoms with E-state index in [4.69, 9.17) is 5.11 Å². The van der Waals surface area contributed by atoms with Gasteiger partial charge in [0.25, 0.3) is 5.91 Å². The predicted octanol–water partition coefficient (Wildman–Crippen LogP) is 1.77. The number of nitrogens with zero attached hydrogens (tertiary/aromatic N) is 4. The van der Waals surface area contributed by atoms with E-state index in [1.54, 1.807) is 0 Å². The first kappa shape index (κ1) is 18.1. The fraction of sp³-hybridized carbons (Fsp3) is 0.238. The molecule has 1 aromatic heterocycles. The van der Waals surface area contributed by atoms with Crippen molar-refractivity contribution in [3.63, 3.8) is 0 Å². The summed E-state index contributed by atoms with van der Waals surface area (Å²) in [6.45, 7) is 1.83. The van der Waals surface area contributed by atoms with Crippen LogP contribution in [0.4, 0.5) is 5.95 Å². The van der Waals surface area contributed by atoms with Crippen LogP contribution in [0.2, 0.25) is 0 Å². The summed E-state index contributed by atoms with van der Waals surface area (Å²) in [4.78, 5) is 36.5. The number of anilines is 1. The second-order valence-corrected chi connectivity index (χ2v) is 6.69. The quantitative estimate of drug-likeness (QED) is 0.699. The number of amides is 1. The summed E-state index contributed by atoms with van der Waals surface area (Å²) in [5.41, 5.74) is 0.978. The third-order valence-electron chi connectivity index (χ3n) is 4.95. The van der Waals surface area contributed by atoms with E-state index >= 15 is 0 Å². The Kier molecular flexibility index (Phi) is 4.99. The van der Waals surface area contributed by atoms with Gasteiger partial charge in [-0.15, -0.1) is 0 Å². The molecule has 0 saturated carbocycles. The second kappa shape index (κ2) is 7.74. The Morgan fingerprint density at radius 1 is 0.893 bits per heavy atom. The van der Waals surface area contributed by atoms with Crippen molar-refractivity contribution in [1.82, 2.24) is 14.9 Å². The van der Waals surface area contributed by atoms with Crippen LogP contribution in [0.15, 0.2) is 54.9 Å². The van der Waals surface area contributed by atoms with Gasteiger partial charge in [-0.25, -0.2) is 9.97 Å². The highest BCUT2D eigenvalue weighted by Gasteiger charge is 2.23. The van der Waals surface area contributed by atoms with Crippen LogP contribution in [-0.2, 0) is 0 Å². The number of rotatable bonds is 4. The van der Waals surface area contributed by atoms with Gasteiger partial charge in [0.05, 0.1) is 5.56 Å². The van der Waals surface area contributed by atoms with Crippen LogP contribution in [-0.4, -0.2) is 64.5 Å². The van der Waals surface area contributed by atoms with Crippen LogP contribution in [0, 0.1) is 0 Å². The highest BCUT2D eigenvalue weighted by Crippen LogP contribution is 2.18. The monoisotopic (exact) mass is 376 g/mol. The van der Waals surface area contributed by atoms with E-state index < -0.39 is 12.4 Å². The van der Waals surface area contributed by atoms with Crippen LogP contribution in [0.1, 0.15) is 20.7 Å². The SMILES string of the molecule is O=C(CO)c1cnc(N2CCN(C(=O)c3ccc4ccccc4c3)CC2)nc1. The van der Waals surface area contributed by atoms with Gasteiger partial charge in [-0.05, 0) is 22.9 Å². The lowest BCUT2D eigenvalue weighted by Gasteiger charge is -2.34. The molecule has 3 aromatic rings. The standard InChI is InChI=1S/C21H20N4O3/c26-14-19(27)18-12-22-21(23-13-18)25-9-7-24(8-10-25)20(28)17-6-5-15-3-1-2-4-16(15)11-17/h1-6,11-13,26H,7-10,14H2. The van der Waals surface area contributed by atoms with Crippen LogP contribution >= 0.6 is 0 Å². The Balaban J connectivity index is 1.41. The number of hydrogen-bond donors (Lipinski definition) is 1. The molecule has 1 aliphatic heterocycles. The van der Waals surface area contributed by atoms with Crippen molar-refractivity contribution in [2.45, 2.75) is 0 Å². The highest BCUT2D eigenvalue weighted by atomic mass is 16.3. The number of ketones is 1. The fourth-order valence-electron chi connectivity index (χ4n) is 3.33. The number of aliphatic hydroxyl groups is 1. The van der Waals surface area contributed by atoms with Crippen LogP contribution < -0.4 is 4.90 Å². The molecule has 2 aromatic carbocycles. The largest absolute Gasteiger partial charge is 0.388 e. The fourth-order valence-corrected chi connectivity index (χ4v) is 3.33. The summed E-state index contributed by atoms with van der Waals surface area (Å²) >= 11 is 0. The Morgan fingerprint density at radius 2 is 1.57 bits per heavy atom. The van der Waals surface area contributed by atoms with Crippen molar-refractivity contribution in [1.29, 1.82) is 0 Å². The zero-order valence-corrected chi connectivity index (χ0v) is 15.3. The molecule has 1 saturated heterocycles. The normalized spacial score (nSPS) is 14.3. The Bertz CT molecular complexity index is 1010. The summed E-state index contributed by atoms with van der Waals surface area (Å²) in [6.07, 6.45) is 2.85. The van der Waals surface area contributed by atoms with Crippen LogP contribution in [0.25, 0.3) is 10.8 Å². The molecule has 0 radical (unpaired) electrons. The Labute approximate surface area is 162 Å². The van der Waals surface area contributed by atoms with E-state index in [-0.39, 0.29) is 11.5 Å². The lowest BCUT2D eigenvalue weighted by atomic mass is 10.1. The number of aliphatic hydroxyl groups excluding tert-OH is 1. The van der Waals surface area contributed by atoms with Gasteiger partial charge in [-0.1, -0.05) is 30.3 Å². The van der Waals surface area contributed by atoms with Gasteiger partial charge in [0.2, 0.25) is 5.95 Å². The minimum atomic E-state index is -0.557. The van der Waals surface area contributed by atoms with E-state index in [1.807, 2.05) is 52.3 Å². The maximum absolute atomic E-state index is 12.9. The van der Waals surface area contributed by atoms with Crippen molar-refractivity contribution in [3.8, 4) is 0 Å². The van der Waals surface area contributed by atoms with Gasteiger partial charge in [-0.2, -0.15) is 0 Å². The molecule has 0 bridgehead atoms. The first-order valence-electron chi connectivity index (χ1n) is 9.15. The zero-order chi connectivity index (χ0) is 19.5. The molecule has 4 rings (SSSR count). The van der Waals surface area contributed by atoms with Gasteiger partial charge >= 0.3 is 0 Å². The highest BCUT2D eigenvalue weighted by molar-refractivity contribution is 5.98. The molecule has 1 amide bonds. The molecule has 28 heavy (non-hydrogen) atoms. The van der Waals surface area contributed by atoms with Gasteiger partial charge in [0, 0.05) is 44.1 Å². The lowest BCUT2D eigenvalue weighted by Crippen LogP contribution is -2.49. The van der Waals surface area contributed by atoms with Crippen molar-refractivity contribution in [3.05, 3.63) is 66.0 Å². The molecule has 142 valence electrons. The summed E-state index contributed by atoms with van der Waals surface area (Å²) in [5.74, 6) is 0.139. The van der Waals surface area contributed by atoms with E-state index in [9.17, 15) is 9.59 Å². The number of carbonyl (C=O) groups excluding carboxylic acids is 2. The van der Waals surface area contributed by atoms with Crippen LogP contribution in [0.3, 0.4) is 0 Å². The summed E-state index contributed by atoms with van der Waals surface area (Å²) in [5, 5.41) is 11.1. The van der Waals surface area contributed by atoms with E-state index in [2.05, 4.69) is 9.97 Å². The second-order valence-electron chi connectivity index (χ2n) is 6.69. The summed E-state index contributed by atoms with van der Waals surface area (Å²) in [6, 6.07) is 13.8. The number of fused-ring (bicyclic) bond motifs is 1. The molecule has 2 heterocycles. The van der Waals surface area contributed by atoms with E-state index in [1.165, 1.54) is 12.4 Å². The minimum Gasteiger partial charge on any atom is -0.388 e. The zero-order valence-electron chi connectivity index (χ0n) is 15.3. The number of carbonyl (C=O) groups is 2. The Hall–Kier alpha value is -3.32. The van der Waals surface area contributed by atoms with E-state index in [0.29, 0.717) is 37.7 Å². The van der Waals surface area contributed by atoms with Crippen molar-refractivity contribution in [2.75, 3.05) is 37.7 Å². The van der Waals surface area contributed by atoms with Gasteiger partial charge < -0.3 is 14.9 Å². The topological polar surface area (TPSA) is 86.6 Å². The maximum Gasteiger partial charge on any atom is 0.253 e. The number of piperazine rings is 1. The summed E-state index contributed by atoms with van der Waals surface area (Å²) < 4.78 is 0. The van der Waals surface area contributed by atoms with Crippen molar-refractivity contribution < 1.29 is 14.7 Å². The molecule has 7 nitrogen and oxygen atoms in total. The molecule has 1 fully saturated rings. The molecule has 0 unspecified atom stereocenters. The van der Waals surface area contributed by atoms with Gasteiger partial charge in [-0.3, -0.25) is 9.59 Å². The molecule has 7 heteroatoms. The molecule has 0 spiro atoms. The number of Topliss-reactive ketones (excluding diaryl/α,β-unsaturated/α-hetero) is 1. The van der Waals surface area contributed by atoms with Crippen LogP contribution in [0.5, 0.6) is 0 Å². The molecule has 0 aliphatic carbocycles. The van der Waals surface area contributed by atoms with Gasteiger partial charge in [0.15, 0.2) is 5.78 Å². The van der Waals surface area contributed by atoms with E-state index in [0.717, 1.165) is 10.8 Å². The molecule has 0 atom stereocenters. The average Bonchev–Trinajstić information content (AvgIpc) is 2.78.